The van der Waals surface area contributed by atoms with E-state index < -0.39 is 0 Å². The molecule has 0 saturated carbocycles. The van der Waals surface area contributed by atoms with Crippen LogP contribution in [0.1, 0.15) is 70.0 Å². The quantitative estimate of drug-likeness (QED) is 0.894. The lowest BCUT2D eigenvalue weighted by Crippen LogP contribution is -2.33. The van der Waals surface area contributed by atoms with Crippen molar-refractivity contribution in [3.63, 3.8) is 0 Å². The first-order valence-electron chi connectivity index (χ1n) is 8.45. The predicted molar refractivity (Wildman–Crippen MR) is 91.5 cm³/mol. The van der Waals surface area contributed by atoms with Gasteiger partial charge in [0.1, 0.15) is 0 Å². The lowest BCUT2D eigenvalue weighted by Gasteiger charge is -2.25. The highest BCUT2D eigenvalue weighted by Gasteiger charge is 2.24. The molecule has 0 amide bonds. The zero-order valence-corrected chi connectivity index (χ0v) is 14.2. The van der Waals surface area contributed by atoms with Gasteiger partial charge in [-0.1, -0.05) is 52.0 Å². The lowest BCUT2D eigenvalue weighted by atomic mass is 9.85. The van der Waals surface area contributed by atoms with Crippen LogP contribution in [-0.4, -0.2) is 24.5 Å². The normalized spacial score (nSPS) is 21.2. The van der Waals surface area contributed by atoms with Crippen LogP contribution in [0.4, 0.5) is 0 Å². The van der Waals surface area contributed by atoms with Crippen molar-refractivity contribution in [2.45, 2.75) is 58.9 Å². The standard InChI is InChI=1S/C19H32N2/c1-15(2)16-6-8-17(9-7-16)18(20)14-21-12-5-10-19(3,4)11-13-21/h6-9,15,18H,5,10-14,20H2,1-4H3. The Morgan fingerprint density at radius 3 is 2.29 bits per heavy atom. The highest BCUT2D eigenvalue weighted by Crippen LogP contribution is 2.30. The Balaban J connectivity index is 1.93. The Labute approximate surface area is 130 Å². The van der Waals surface area contributed by atoms with Crippen LogP contribution in [0.15, 0.2) is 24.3 Å². The van der Waals surface area contributed by atoms with Crippen LogP contribution >= 0.6 is 0 Å². The third-order valence-corrected chi connectivity index (χ3v) is 4.92. The number of nitrogens with zero attached hydrogens (tertiary/aromatic N) is 1. The van der Waals surface area contributed by atoms with Gasteiger partial charge in [-0.3, -0.25) is 0 Å². The Morgan fingerprint density at radius 1 is 1.05 bits per heavy atom. The van der Waals surface area contributed by atoms with Crippen molar-refractivity contribution >= 4 is 0 Å². The second-order valence-electron chi connectivity index (χ2n) is 7.75. The number of nitrogens with two attached hydrogens (primary N) is 1. The van der Waals surface area contributed by atoms with Gasteiger partial charge >= 0.3 is 0 Å². The SMILES string of the molecule is CC(C)c1ccc(C(N)CN2CCCC(C)(C)CC2)cc1. The summed E-state index contributed by atoms with van der Waals surface area (Å²) in [5.74, 6) is 0.586. The highest BCUT2D eigenvalue weighted by molar-refractivity contribution is 5.26. The summed E-state index contributed by atoms with van der Waals surface area (Å²) in [6.07, 6.45) is 3.92. The molecule has 1 heterocycles. The van der Waals surface area contributed by atoms with Crippen LogP contribution in [-0.2, 0) is 0 Å². The van der Waals surface area contributed by atoms with Crippen molar-refractivity contribution in [2.24, 2.45) is 11.1 Å². The van der Waals surface area contributed by atoms with Crippen LogP contribution in [0.25, 0.3) is 0 Å². The zero-order chi connectivity index (χ0) is 15.5. The second kappa shape index (κ2) is 6.93. The molecule has 1 aromatic rings. The molecule has 1 aliphatic rings. The first-order chi connectivity index (χ1) is 9.87. The lowest BCUT2D eigenvalue weighted by molar-refractivity contribution is 0.250. The fraction of sp³-hybridized carbons (Fsp3) is 0.684. The molecule has 2 rings (SSSR count). The summed E-state index contributed by atoms with van der Waals surface area (Å²) in [6.45, 7) is 12.6. The average Bonchev–Trinajstić information content (AvgIpc) is 2.60. The Bertz CT molecular complexity index is 433. The predicted octanol–water partition coefficient (Wildman–Crippen LogP) is 4.32. The topological polar surface area (TPSA) is 29.3 Å². The maximum Gasteiger partial charge on any atom is 0.0424 e. The summed E-state index contributed by atoms with van der Waals surface area (Å²) < 4.78 is 0. The van der Waals surface area contributed by atoms with E-state index in [1.807, 2.05) is 0 Å². The smallest absolute Gasteiger partial charge is 0.0424 e. The molecule has 118 valence electrons. The number of likely N-dealkylation sites (tertiary alicyclic amines) is 1. The molecular formula is C19H32N2. The fourth-order valence-corrected chi connectivity index (χ4v) is 3.17. The summed E-state index contributed by atoms with van der Waals surface area (Å²) in [4.78, 5) is 2.55. The molecule has 1 fully saturated rings. The van der Waals surface area contributed by atoms with Gasteiger partial charge in [-0.2, -0.15) is 0 Å². The first-order valence-corrected chi connectivity index (χ1v) is 8.45. The monoisotopic (exact) mass is 288 g/mol. The van der Waals surface area contributed by atoms with Gasteiger partial charge in [-0.05, 0) is 54.8 Å². The molecule has 0 aromatic heterocycles. The van der Waals surface area contributed by atoms with E-state index in [0.717, 1.165) is 6.54 Å². The second-order valence-corrected chi connectivity index (χ2v) is 7.75. The summed E-state index contributed by atoms with van der Waals surface area (Å²) in [7, 11) is 0. The van der Waals surface area contributed by atoms with Crippen molar-refractivity contribution in [3.8, 4) is 0 Å². The molecule has 0 spiro atoms. The molecule has 2 heteroatoms. The molecule has 1 unspecified atom stereocenters. The van der Waals surface area contributed by atoms with Gasteiger partial charge in [0.25, 0.3) is 0 Å². The minimum atomic E-state index is 0.132. The van der Waals surface area contributed by atoms with Gasteiger partial charge in [0, 0.05) is 12.6 Å². The van der Waals surface area contributed by atoms with Crippen LogP contribution in [0.5, 0.6) is 0 Å². The van der Waals surface area contributed by atoms with Gasteiger partial charge in [0.05, 0.1) is 0 Å². The van der Waals surface area contributed by atoms with Crippen LogP contribution in [0, 0.1) is 5.41 Å². The summed E-state index contributed by atoms with van der Waals surface area (Å²) in [6, 6.07) is 9.01. The molecule has 1 atom stereocenters. The van der Waals surface area contributed by atoms with E-state index in [1.54, 1.807) is 0 Å². The molecule has 0 aliphatic carbocycles. The van der Waals surface area contributed by atoms with E-state index in [1.165, 1.54) is 43.5 Å². The minimum absolute atomic E-state index is 0.132. The maximum absolute atomic E-state index is 6.43. The largest absolute Gasteiger partial charge is 0.323 e. The molecule has 1 aliphatic heterocycles. The van der Waals surface area contributed by atoms with E-state index in [-0.39, 0.29) is 6.04 Å². The third-order valence-electron chi connectivity index (χ3n) is 4.92. The Kier molecular flexibility index (Phi) is 5.45. The minimum Gasteiger partial charge on any atom is -0.323 e. The van der Waals surface area contributed by atoms with E-state index in [9.17, 15) is 0 Å². The van der Waals surface area contributed by atoms with Crippen molar-refractivity contribution in [1.29, 1.82) is 0 Å². The molecule has 1 saturated heterocycles. The molecule has 2 N–H and O–H groups in total. The summed E-state index contributed by atoms with van der Waals surface area (Å²) in [5.41, 5.74) is 9.58. The summed E-state index contributed by atoms with van der Waals surface area (Å²) >= 11 is 0. The zero-order valence-electron chi connectivity index (χ0n) is 14.2. The molecule has 1 aromatic carbocycles. The van der Waals surface area contributed by atoms with E-state index in [4.69, 9.17) is 5.73 Å². The Hall–Kier alpha value is -0.860. The van der Waals surface area contributed by atoms with E-state index >= 15 is 0 Å². The average molecular weight is 288 g/mol. The maximum atomic E-state index is 6.43. The van der Waals surface area contributed by atoms with Gasteiger partial charge in [-0.15, -0.1) is 0 Å². The van der Waals surface area contributed by atoms with Crippen LogP contribution in [0.2, 0.25) is 0 Å². The van der Waals surface area contributed by atoms with Gasteiger partial charge in [0.15, 0.2) is 0 Å². The first kappa shape index (κ1) is 16.5. The van der Waals surface area contributed by atoms with Crippen molar-refractivity contribution < 1.29 is 0 Å². The number of rotatable bonds is 4. The van der Waals surface area contributed by atoms with Crippen molar-refractivity contribution in [3.05, 3.63) is 35.4 Å². The molecule has 2 nitrogen and oxygen atoms in total. The van der Waals surface area contributed by atoms with Crippen molar-refractivity contribution in [2.75, 3.05) is 19.6 Å². The van der Waals surface area contributed by atoms with E-state index in [0.29, 0.717) is 11.3 Å². The van der Waals surface area contributed by atoms with Gasteiger partial charge < -0.3 is 10.6 Å². The molecule has 0 radical (unpaired) electrons. The van der Waals surface area contributed by atoms with Crippen molar-refractivity contribution in [1.82, 2.24) is 4.90 Å². The third kappa shape index (κ3) is 4.82. The van der Waals surface area contributed by atoms with Gasteiger partial charge in [0.2, 0.25) is 0 Å². The Morgan fingerprint density at radius 2 is 1.67 bits per heavy atom. The highest BCUT2D eigenvalue weighted by atomic mass is 15.1. The number of hydrogen-bond acceptors (Lipinski definition) is 2. The molecule has 0 bridgehead atoms. The number of hydrogen-bond donors (Lipinski definition) is 1. The van der Waals surface area contributed by atoms with E-state index in [2.05, 4.69) is 56.9 Å². The van der Waals surface area contributed by atoms with Crippen LogP contribution < -0.4 is 5.73 Å². The molecule has 21 heavy (non-hydrogen) atoms. The molecular weight excluding hydrogens is 256 g/mol. The summed E-state index contributed by atoms with van der Waals surface area (Å²) in [5, 5.41) is 0. The number of benzene rings is 1. The van der Waals surface area contributed by atoms with Crippen LogP contribution in [0.3, 0.4) is 0 Å². The van der Waals surface area contributed by atoms with Gasteiger partial charge in [-0.25, -0.2) is 0 Å². The fourth-order valence-electron chi connectivity index (χ4n) is 3.17.